The Kier molecular flexibility index (Phi) is 3.53. The van der Waals surface area contributed by atoms with E-state index in [1.165, 1.54) is 12.1 Å². The molecule has 0 aromatic heterocycles. The van der Waals surface area contributed by atoms with Gasteiger partial charge < -0.3 is 5.84 Å². The molecule has 22 heavy (non-hydrogen) atoms. The summed E-state index contributed by atoms with van der Waals surface area (Å²) in [5.74, 6) is 9.68. The van der Waals surface area contributed by atoms with E-state index in [0.29, 0.717) is 11.1 Å². The minimum absolute atomic E-state index is 0.0380. The van der Waals surface area contributed by atoms with Crippen molar-refractivity contribution in [3.05, 3.63) is 65.0 Å². The SMILES string of the molecule is NN=Nc1ccc(C2NN(N)C(=O)c3ccccc32)cc1F. The monoisotopic (exact) mass is 300 g/mol. The van der Waals surface area contributed by atoms with Crippen molar-refractivity contribution >= 4 is 11.6 Å². The first-order valence-corrected chi connectivity index (χ1v) is 6.46. The van der Waals surface area contributed by atoms with Crippen molar-refractivity contribution in [1.82, 2.24) is 10.5 Å². The number of hydrazine groups is 2. The van der Waals surface area contributed by atoms with E-state index in [4.69, 9.17) is 11.7 Å². The van der Waals surface area contributed by atoms with E-state index in [-0.39, 0.29) is 11.6 Å². The predicted molar refractivity (Wildman–Crippen MR) is 76.9 cm³/mol. The van der Waals surface area contributed by atoms with E-state index in [1.54, 1.807) is 30.3 Å². The van der Waals surface area contributed by atoms with E-state index in [9.17, 15) is 9.18 Å². The number of hydrogen-bond donors (Lipinski definition) is 3. The summed E-state index contributed by atoms with van der Waals surface area (Å²) in [4.78, 5) is 12.0. The molecule has 1 aliphatic heterocycles. The van der Waals surface area contributed by atoms with Crippen LogP contribution in [0.25, 0.3) is 0 Å². The highest BCUT2D eigenvalue weighted by molar-refractivity contribution is 5.96. The van der Waals surface area contributed by atoms with E-state index < -0.39 is 11.9 Å². The molecule has 1 amide bonds. The first-order chi connectivity index (χ1) is 10.6. The fourth-order valence-corrected chi connectivity index (χ4v) is 2.44. The van der Waals surface area contributed by atoms with Crippen LogP contribution in [-0.2, 0) is 0 Å². The van der Waals surface area contributed by atoms with Crippen molar-refractivity contribution in [2.45, 2.75) is 6.04 Å². The summed E-state index contributed by atoms with van der Waals surface area (Å²) >= 11 is 0. The molecule has 7 nitrogen and oxygen atoms in total. The van der Waals surface area contributed by atoms with E-state index in [1.807, 2.05) is 0 Å². The zero-order chi connectivity index (χ0) is 15.7. The van der Waals surface area contributed by atoms with Crippen LogP contribution in [0.5, 0.6) is 0 Å². The second-order valence-electron chi connectivity index (χ2n) is 4.75. The maximum Gasteiger partial charge on any atom is 0.282 e. The largest absolute Gasteiger partial charge is 0.305 e. The molecule has 2 aromatic rings. The minimum Gasteiger partial charge on any atom is -0.305 e. The lowest BCUT2D eigenvalue weighted by Gasteiger charge is -2.32. The maximum atomic E-state index is 14.0. The number of nitrogens with one attached hydrogen (secondary N) is 1. The molecule has 8 heteroatoms. The summed E-state index contributed by atoms with van der Waals surface area (Å²) in [7, 11) is 0. The molecule has 2 aromatic carbocycles. The molecule has 0 aliphatic carbocycles. The van der Waals surface area contributed by atoms with Gasteiger partial charge in [0.2, 0.25) is 0 Å². The van der Waals surface area contributed by atoms with Crippen molar-refractivity contribution in [1.29, 1.82) is 0 Å². The predicted octanol–water partition coefficient (Wildman–Crippen LogP) is 1.71. The molecule has 1 heterocycles. The Bertz CT molecular complexity index is 763. The van der Waals surface area contributed by atoms with Gasteiger partial charge in [0.15, 0.2) is 5.82 Å². The van der Waals surface area contributed by atoms with Crippen LogP contribution in [0.2, 0.25) is 0 Å². The topological polar surface area (TPSA) is 109 Å². The van der Waals surface area contributed by atoms with Crippen LogP contribution in [0, 0.1) is 5.82 Å². The Balaban J connectivity index is 2.07. The van der Waals surface area contributed by atoms with Gasteiger partial charge in [0.05, 0.1) is 6.04 Å². The molecule has 5 N–H and O–H groups in total. The Morgan fingerprint density at radius 3 is 2.73 bits per heavy atom. The maximum absolute atomic E-state index is 14.0. The molecule has 3 rings (SSSR count). The normalized spacial score (nSPS) is 17.8. The van der Waals surface area contributed by atoms with Gasteiger partial charge >= 0.3 is 0 Å². The van der Waals surface area contributed by atoms with Crippen molar-refractivity contribution in [3.63, 3.8) is 0 Å². The molecular weight excluding hydrogens is 287 g/mol. The fourth-order valence-electron chi connectivity index (χ4n) is 2.44. The minimum atomic E-state index is -0.563. The summed E-state index contributed by atoms with van der Waals surface area (Å²) in [6, 6.07) is 11.0. The van der Waals surface area contributed by atoms with Gasteiger partial charge in [0, 0.05) is 5.56 Å². The van der Waals surface area contributed by atoms with Crippen LogP contribution in [-0.4, -0.2) is 11.0 Å². The average molecular weight is 300 g/mol. The van der Waals surface area contributed by atoms with E-state index in [0.717, 1.165) is 10.7 Å². The van der Waals surface area contributed by atoms with Gasteiger partial charge in [-0.2, -0.15) is 0 Å². The zero-order valence-electron chi connectivity index (χ0n) is 11.4. The zero-order valence-corrected chi connectivity index (χ0v) is 11.4. The number of hydrogen-bond acceptors (Lipinski definition) is 5. The average Bonchev–Trinajstić information content (AvgIpc) is 2.53. The third-order valence-electron chi connectivity index (χ3n) is 3.46. The number of amides is 1. The first-order valence-electron chi connectivity index (χ1n) is 6.46. The number of nitrogens with two attached hydrogens (primary N) is 2. The van der Waals surface area contributed by atoms with E-state index in [2.05, 4.69) is 15.8 Å². The Hall–Kier alpha value is -2.84. The molecule has 0 saturated heterocycles. The molecule has 112 valence electrons. The van der Waals surface area contributed by atoms with Gasteiger partial charge in [0.1, 0.15) is 5.69 Å². The lowest BCUT2D eigenvalue weighted by Crippen LogP contribution is -2.53. The van der Waals surface area contributed by atoms with Gasteiger partial charge in [-0.25, -0.2) is 20.8 Å². The highest BCUT2D eigenvalue weighted by Crippen LogP contribution is 2.31. The number of carbonyl (C=O) groups is 1. The summed E-state index contributed by atoms with van der Waals surface area (Å²) in [6.07, 6.45) is 0. The number of carbonyl (C=O) groups excluding carboxylic acids is 1. The molecule has 0 bridgehead atoms. The van der Waals surface area contributed by atoms with Gasteiger partial charge in [-0.05, 0) is 29.3 Å². The number of rotatable bonds is 2. The highest BCUT2D eigenvalue weighted by atomic mass is 19.1. The third-order valence-corrected chi connectivity index (χ3v) is 3.46. The smallest absolute Gasteiger partial charge is 0.282 e. The third kappa shape index (κ3) is 2.30. The number of halogens is 1. The lowest BCUT2D eigenvalue weighted by atomic mass is 9.93. The summed E-state index contributed by atoms with van der Waals surface area (Å²) in [6.45, 7) is 0. The van der Waals surface area contributed by atoms with Crippen LogP contribution in [0.3, 0.4) is 0 Å². The van der Waals surface area contributed by atoms with Gasteiger partial charge in [-0.3, -0.25) is 4.79 Å². The second kappa shape index (κ2) is 5.51. The summed E-state index contributed by atoms with van der Waals surface area (Å²) < 4.78 is 14.0. The molecular formula is C14H13FN6O. The molecule has 1 aliphatic rings. The van der Waals surface area contributed by atoms with Gasteiger partial charge in [-0.15, -0.1) is 5.11 Å². The van der Waals surface area contributed by atoms with Crippen molar-refractivity contribution in [2.75, 3.05) is 0 Å². The molecule has 0 fully saturated rings. The van der Waals surface area contributed by atoms with Crippen LogP contribution in [0.15, 0.2) is 52.8 Å². The molecule has 1 unspecified atom stereocenters. The quantitative estimate of drug-likeness (QED) is 0.339. The molecule has 0 spiro atoms. The molecule has 1 atom stereocenters. The van der Waals surface area contributed by atoms with Crippen LogP contribution >= 0.6 is 0 Å². The van der Waals surface area contributed by atoms with Gasteiger partial charge in [-0.1, -0.05) is 29.5 Å². The molecule has 0 radical (unpaired) electrons. The van der Waals surface area contributed by atoms with Gasteiger partial charge in [0.25, 0.3) is 5.91 Å². The fraction of sp³-hybridized carbons (Fsp3) is 0.0714. The number of benzene rings is 2. The van der Waals surface area contributed by atoms with Crippen LogP contribution < -0.4 is 17.1 Å². The lowest BCUT2D eigenvalue weighted by molar-refractivity contribution is 0.0596. The first kappa shape index (κ1) is 14.1. The Morgan fingerprint density at radius 1 is 1.23 bits per heavy atom. The Morgan fingerprint density at radius 2 is 2.00 bits per heavy atom. The van der Waals surface area contributed by atoms with E-state index >= 15 is 0 Å². The summed E-state index contributed by atoms with van der Waals surface area (Å²) in [5.41, 5.74) is 4.67. The summed E-state index contributed by atoms with van der Waals surface area (Å²) in [5, 5.41) is 7.45. The highest BCUT2D eigenvalue weighted by Gasteiger charge is 2.30. The Labute approximate surface area is 125 Å². The van der Waals surface area contributed by atoms with Crippen molar-refractivity contribution in [3.8, 4) is 0 Å². The number of nitrogens with zero attached hydrogens (tertiary/aromatic N) is 3. The van der Waals surface area contributed by atoms with Crippen LogP contribution in [0.1, 0.15) is 27.5 Å². The second-order valence-corrected chi connectivity index (χ2v) is 4.75. The number of fused-ring (bicyclic) bond motifs is 1. The van der Waals surface area contributed by atoms with Crippen LogP contribution in [0.4, 0.5) is 10.1 Å². The molecule has 0 saturated carbocycles. The van der Waals surface area contributed by atoms with Crippen molar-refractivity contribution in [2.24, 2.45) is 22.0 Å². The standard InChI is InChI=1S/C14H13FN6O/c15-11-7-8(5-6-12(11)18-20-16)13-9-3-1-2-4-10(9)14(22)21(17)19-13/h1-7,13,19H,17H2,(H2,16,18). The van der Waals surface area contributed by atoms with Crippen molar-refractivity contribution < 1.29 is 9.18 Å².